The van der Waals surface area contributed by atoms with Crippen LogP contribution in [-0.4, -0.2) is 121 Å². The minimum Gasteiger partial charge on any atom is -0.465 e. The summed E-state index contributed by atoms with van der Waals surface area (Å²) in [6, 6.07) is -0.874. The Balaban J connectivity index is 1.49. The molecule has 3 fully saturated rings. The van der Waals surface area contributed by atoms with Gasteiger partial charge in [0.25, 0.3) is 0 Å². The van der Waals surface area contributed by atoms with Gasteiger partial charge in [-0.05, 0) is 32.6 Å². The van der Waals surface area contributed by atoms with Gasteiger partial charge in [0, 0.05) is 45.9 Å². The average Bonchev–Trinajstić information content (AvgIpc) is 3.23. The number of aliphatic hydroxyl groups is 1. The normalized spacial score (nSPS) is 37.2. The largest absolute Gasteiger partial charge is 0.465 e. The highest BCUT2D eigenvalue weighted by Gasteiger charge is 2.74. The highest BCUT2D eigenvalue weighted by Crippen LogP contribution is 2.57. The number of carbonyl (C=O) groups excluding carboxylic acids is 3. The van der Waals surface area contributed by atoms with Crippen molar-refractivity contribution in [3.05, 3.63) is 24.3 Å². The molecule has 5 rings (SSSR count). The number of rotatable bonds is 7. The quantitative estimate of drug-likeness (QED) is 0.293. The van der Waals surface area contributed by atoms with Crippen molar-refractivity contribution in [3.8, 4) is 0 Å². The zero-order valence-corrected chi connectivity index (χ0v) is 21.7. The minimum atomic E-state index is -1.26. The summed E-state index contributed by atoms with van der Waals surface area (Å²) < 4.78 is 17.8. The van der Waals surface area contributed by atoms with E-state index in [0.29, 0.717) is 52.1 Å². The van der Waals surface area contributed by atoms with Crippen LogP contribution in [-0.2, 0) is 28.6 Å². The third kappa shape index (κ3) is 4.73. The van der Waals surface area contributed by atoms with E-state index in [2.05, 4.69) is 4.90 Å². The average molecular weight is 518 g/mol. The van der Waals surface area contributed by atoms with Crippen molar-refractivity contribution in [2.24, 2.45) is 11.8 Å². The van der Waals surface area contributed by atoms with E-state index in [1.807, 2.05) is 31.2 Å². The first-order valence-corrected chi connectivity index (χ1v) is 13.6. The number of aliphatic hydroxyl groups excluding tert-OH is 1. The van der Waals surface area contributed by atoms with Crippen LogP contribution in [0.5, 0.6) is 0 Å². The first-order valence-electron chi connectivity index (χ1n) is 13.6. The molecule has 1 unspecified atom stereocenters. The van der Waals surface area contributed by atoms with Gasteiger partial charge in [-0.1, -0.05) is 24.3 Å². The van der Waals surface area contributed by atoms with Gasteiger partial charge < -0.3 is 29.1 Å². The van der Waals surface area contributed by atoms with Gasteiger partial charge in [0.05, 0.1) is 31.3 Å². The van der Waals surface area contributed by atoms with Crippen LogP contribution in [0.4, 0.5) is 0 Å². The number of morpholine rings is 1. The molecule has 0 saturated carbocycles. The van der Waals surface area contributed by atoms with Crippen molar-refractivity contribution in [1.29, 1.82) is 0 Å². The lowest BCUT2D eigenvalue weighted by Crippen LogP contribution is -2.56. The van der Waals surface area contributed by atoms with Gasteiger partial charge in [-0.3, -0.25) is 19.3 Å². The number of amides is 2. The molecule has 1 N–H and O–H groups in total. The molecule has 5 heterocycles. The number of ether oxygens (including phenoxy) is 3. The molecule has 10 nitrogen and oxygen atoms in total. The SMILES string of the molecule is C[C@]12/C=C\CCCOC(=O)[C@H]1[C@H]1C(=O)N(CCCCO)C3C(=O)N(CCN4CCOCC4)CC=C[C@@]31O2. The lowest BCUT2D eigenvalue weighted by atomic mass is 9.74. The van der Waals surface area contributed by atoms with E-state index in [4.69, 9.17) is 14.2 Å². The standard InChI is InChI=1S/C27H39N3O7/c1-26-8-3-2-6-17-36-25(34)21(26)20-23(32)30(11-4-5-16-31)22-24(33)29(10-7-9-27(20,22)37-26)13-12-28-14-18-35-19-15-28/h3,7-9,20-22,31H,2,4-6,10-19H2,1H3/b8-3-/t20-,21+,22?,26-,27-/m0/s1. The molecule has 0 aromatic rings. The number of allylic oxidation sites excluding steroid dienone is 1. The van der Waals surface area contributed by atoms with Gasteiger partial charge in [-0.15, -0.1) is 0 Å². The van der Waals surface area contributed by atoms with Crippen LogP contribution >= 0.6 is 0 Å². The summed E-state index contributed by atoms with van der Waals surface area (Å²) in [5.74, 6) is -2.57. The summed E-state index contributed by atoms with van der Waals surface area (Å²) in [6.45, 7) is 7.14. The van der Waals surface area contributed by atoms with Gasteiger partial charge in [-0.25, -0.2) is 0 Å². The molecule has 0 bridgehead atoms. The Labute approximate surface area is 218 Å². The maximum absolute atomic E-state index is 14.2. The van der Waals surface area contributed by atoms with Crippen molar-refractivity contribution in [3.63, 3.8) is 0 Å². The summed E-state index contributed by atoms with van der Waals surface area (Å²) in [4.78, 5) is 47.3. The summed E-state index contributed by atoms with van der Waals surface area (Å²) in [6.07, 6.45) is 10.2. The number of fused-ring (bicyclic) bond motifs is 2. The van der Waals surface area contributed by atoms with E-state index in [1.165, 1.54) is 0 Å². The Bertz CT molecular complexity index is 948. The maximum atomic E-state index is 14.2. The molecule has 0 aromatic carbocycles. The molecule has 5 aliphatic rings. The van der Waals surface area contributed by atoms with Crippen LogP contribution in [0.2, 0.25) is 0 Å². The van der Waals surface area contributed by atoms with Crippen LogP contribution < -0.4 is 0 Å². The molecule has 0 aromatic heterocycles. The molecule has 204 valence electrons. The number of hydrogen-bond acceptors (Lipinski definition) is 8. The second-order valence-corrected chi connectivity index (χ2v) is 10.8. The molecule has 37 heavy (non-hydrogen) atoms. The van der Waals surface area contributed by atoms with E-state index < -0.39 is 35.0 Å². The molecule has 0 aliphatic carbocycles. The Morgan fingerprint density at radius 3 is 2.57 bits per heavy atom. The molecular formula is C27H39N3O7. The highest BCUT2D eigenvalue weighted by molar-refractivity contribution is 5.99. The van der Waals surface area contributed by atoms with E-state index in [1.54, 1.807) is 9.80 Å². The Morgan fingerprint density at radius 1 is 0.973 bits per heavy atom. The fraction of sp³-hybridized carbons (Fsp3) is 0.741. The summed E-state index contributed by atoms with van der Waals surface area (Å²) >= 11 is 0. The van der Waals surface area contributed by atoms with Crippen molar-refractivity contribution in [2.75, 3.05) is 65.7 Å². The highest BCUT2D eigenvalue weighted by atomic mass is 16.6. The minimum absolute atomic E-state index is 0.00904. The number of carbonyl (C=O) groups is 3. The van der Waals surface area contributed by atoms with E-state index >= 15 is 0 Å². The predicted molar refractivity (Wildman–Crippen MR) is 133 cm³/mol. The van der Waals surface area contributed by atoms with Gasteiger partial charge in [-0.2, -0.15) is 0 Å². The summed E-state index contributed by atoms with van der Waals surface area (Å²) in [5.41, 5.74) is -2.33. The number of cyclic esters (lactones) is 1. The Kier molecular flexibility index (Phi) is 7.72. The molecule has 10 heteroatoms. The van der Waals surface area contributed by atoms with Crippen LogP contribution in [0, 0.1) is 11.8 Å². The fourth-order valence-corrected chi connectivity index (χ4v) is 6.60. The second kappa shape index (κ2) is 10.8. The van der Waals surface area contributed by atoms with Gasteiger partial charge in [0.2, 0.25) is 11.8 Å². The predicted octanol–water partition coefficient (Wildman–Crippen LogP) is 0.354. The first-order chi connectivity index (χ1) is 17.9. The first kappa shape index (κ1) is 26.3. The Morgan fingerprint density at radius 2 is 1.78 bits per heavy atom. The molecule has 1 spiro atoms. The van der Waals surface area contributed by atoms with E-state index in [9.17, 15) is 19.5 Å². The zero-order chi connectivity index (χ0) is 26.0. The molecule has 3 saturated heterocycles. The number of esters is 1. The van der Waals surface area contributed by atoms with Crippen molar-refractivity contribution < 1.29 is 33.7 Å². The maximum Gasteiger partial charge on any atom is 0.313 e. The molecule has 5 atom stereocenters. The number of hydrogen-bond donors (Lipinski definition) is 1. The molecule has 5 aliphatic heterocycles. The van der Waals surface area contributed by atoms with Gasteiger partial charge in [0.15, 0.2) is 0 Å². The molecule has 2 amide bonds. The number of likely N-dealkylation sites (tertiary alicyclic amines) is 1. The van der Waals surface area contributed by atoms with Gasteiger partial charge in [0.1, 0.15) is 17.6 Å². The van der Waals surface area contributed by atoms with Crippen molar-refractivity contribution >= 4 is 17.8 Å². The van der Waals surface area contributed by atoms with Gasteiger partial charge >= 0.3 is 5.97 Å². The van der Waals surface area contributed by atoms with Crippen LogP contribution in [0.3, 0.4) is 0 Å². The summed E-state index contributed by atoms with van der Waals surface area (Å²) in [7, 11) is 0. The second-order valence-electron chi connectivity index (χ2n) is 10.8. The van der Waals surface area contributed by atoms with Crippen LogP contribution in [0.1, 0.15) is 32.6 Å². The van der Waals surface area contributed by atoms with Crippen LogP contribution in [0.25, 0.3) is 0 Å². The van der Waals surface area contributed by atoms with E-state index in [-0.39, 0.29) is 25.0 Å². The topological polar surface area (TPSA) is 109 Å². The number of nitrogens with zero attached hydrogens (tertiary/aromatic N) is 3. The third-order valence-corrected chi connectivity index (χ3v) is 8.43. The number of unbranched alkanes of at least 4 members (excludes halogenated alkanes) is 1. The summed E-state index contributed by atoms with van der Waals surface area (Å²) in [5, 5.41) is 9.34. The smallest absolute Gasteiger partial charge is 0.313 e. The molecular weight excluding hydrogens is 478 g/mol. The Hall–Kier alpha value is -2.27. The lowest BCUT2D eigenvalue weighted by Gasteiger charge is -2.38. The van der Waals surface area contributed by atoms with Crippen LogP contribution in [0.15, 0.2) is 24.3 Å². The van der Waals surface area contributed by atoms with Crippen molar-refractivity contribution in [1.82, 2.24) is 14.7 Å². The van der Waals surface area contributed by atoms with E-state index in [0.717, 1.165) is 26.1 Å². The zero-order valence-electron chi connectivity index (χ0n) is 21.7. The van der Waals surface area contributed by atoms with Crippen molar-refractivity contribution in [2.45, 2.75) is 49.9 Å². The lowest BCUT2D eigenvalue weighted by molar-refractivity contribution is -0.159. The fourth-order valence-electron chi connectivity index (χ4n) is 6.60. The third-order valence-electron chi connectivity index (χ3n) is 8.43. The molecule has 0 radical (unpaired) electrons. The monoisotopic (exact) mass is 517 g/mol.